The van der Waals surface area contributed by atoms with E-state index in [9.17, 15) is 4.79 Å². The Balaban J connectivity index is 1.81. The number of carbonyl (C=O) groups excluding carboxylic acids is 1. The van der Waals surface area contributed by atoms with Gasteiger partial charge in [-0.1, -0.05) is 0 Å². The summed E-state index contributed by atoms with van der Waals surface area (Å²) in [6.45, 7) is 2.03. The molecular formula is C18H22N2OS. The number of nitrogens with zero attached hydrogens (tertiary/aromatic N) is 1. The minimum absolute atomic E-state index is 0.0279. The molecule has 2 aromatic rings. The van der Waals surface area contributed by atoms with Gasteiger partial charge in [-0.3, -0.25) is 4.79 Å². The van der Waals surface area contributed by atoms with Crippen molar-refractivity contribution in [3.05, 3.63) is 45.1 Å². The normalized spacial score (nSPS) is 13.6. The number of carbonyl (C=O) groups is 1. The summed E-state index contributed by atoms with van der Waals surface area (Å²) in [6, 6.07) is 6.12. The van der Waals surface area contributed by atoms with Crippen LogP contribution in [0.1, 0.15) is 39.2 Å². The van der Waals surface area contributed by atoms with Crippen LogP contribution < -0.4 is 10.2 Å². The Hall–Kier alpha value is -1.81. The fourth-order valence-electron chi connectivity index (χ4n) is 2.94. The third kappa shape index (κ3) is 2.88. The number of thiophene rings is 1. The highest BCUT2D eigenvalue weighted by Gasteiger charge is 2.20. The van der Waals surface area contributed by atoms with E-state index in [0.717, 1.165) is 35.3 Å². The van der Waals surface area contributed by atoms with Crippen molar-refractivity contribution < 1.29 is 4.79 Å². The molecule has 0 unspecified atom stereocenters. The second-order valence-electron chi connectivity index (χ2n) is 6.11. The molecule has 0 bridgehead atoms. The summed E-state index contributed by atoms with van der Waals surface area (Å²) in [5.74, 6) is 0.0279. The van der Waals surface area contributed by atoms with Gasteiger partial charge in [0.25, 0.3) is 5.91 Å². The predicted octanol–water partition coefficient (Wildman–Crippen LogP) is 4.25. The number of aryl methyl sites for hydroxylation is 2. The van der Waals surface area contributed by atoms with Crippen molar-refractivity contribution in [2.45, 2.75) is 32.6 Å². The number of nitrogens with one attached hydrogen (secondary N) is 1. The molecule has 0 aliphatic heterocycles. The van der Waals surface area contributed by atoms with E-state index in [2.05, 4.69) is 16.3 Å². The Bertz CT molecular complexity index is 703. The summed E-state index contributed by atoms with van der Waals surface area (Å²) in [5, 5.41) is 5.10. The first kappa shape index (κ1) is 15.1. The largest absolute Gasteiger partial charge is 0.378 e. The standard InChI is InChI=1S/C18H22N2OS/c1-12-10-13(20(2)3)8-9-16(12)19-18(21)15-11-22-17-7-5-4-6-14(15)17/h8-11H,4-7H2,1-3H3,(H,19,21). The van der Waals surface area contributed by atoms with E-state index in [1.54, 1.807) is 11.3 Å². The lowest BCUT2D eigenvalue weighted by Gasteiger charge is -2.16. The van der Waals surface area contributed by atoms with Crippen LogP contribution >= 0.6 is 11.3 Å². The summed E-state index contributed by atoms with van der Waals surface area (Å²) < 4.78 is 0. The van der Waals surface area contributed by atoms with Gasteiger partial charge in [-0.05, 0) is 61.9 Å². The Labute approximate surface area is 136 Å². The Morgan fingerprint density at radius 3 is 2.73 bits per heavy atom. The van der Waals surface area contributed by atoms with E-state index in [1.807, 2.05) is 38.5 Å². The van der Waals surface area contributed by atoms with Gasteiger partial charge >= 0.3 is 0 Å². The van der Waals surface area contributed by atoms with Crippen LogP contribution in [0.3, 0.4) is 0 Å². The molecule has 116 valence electrons. The fourth-order valence-corrected chi connectivity index (χ4v) is 4.07. The van der Waals surface area contributed by atoms with E-state index in [1.165, 1.54) is 23.3 Å². The number of hydrogen-bond donors (Lipinski definition) is 1. The Morgan fingerprint density at radius 2 is 2.00 bits per heavy atom. The van der Waals surface area contributed by atoms with Crippen molar-refractivity contribution >= 4 is 28.6 Å². The van der Waals surface area contributed by atoms with Crippen molar-refractivity contribution in [2.75, 3.05) is 24.3 Å². The molecule has 0 spiro atoms. The molecule has 3 nitrogen and oxygen atoms in total. The van der Waals surface area contributed by atoms with Gasteiger partial charge in [0.05, 0.1) is 5.56 Å². The Morgan fingerprint density at radius 1 is 1.23 bits per heavy atom. The van der Waals surface area contributed by atoms with E-state index in [4.69, 9.17) is 0 Å². The van der Waals surface area contributed by atoms with E-state index in [0.29, 0.717) is 0 Å². The molecule has 1 aromatic carbocycles. The summed E-state index contributed by atoms with van der Waals surface area (Å²) in [4.78, 5) is 16.1. The summed E-state index contributed by atoms with van der Waals surface area (Å²) >= 11 is 1.73. The topological polar surface area (TPSA) is 32.3 Å². The molecule has 1 aliphatic carbocycles. The number of hydrogen-bond acceptors (Lipinski definition) is 3. The molecular weight excluding hydrogens is 292 g/mol. The molecule has 1 heterocycles. The fraction of sp³-hybridized carbons (Fsp3) is 0.389. The van der Waals surface area contributed by atoms with E-state index in [-0.39, 0.29) is 5.91 Å². The van der Waals surface area contributed by atoms with Crippen LogP contribution in [0.25, 0.3) is 0 Å². The zero-order valence-corrected chi connectivity index (χ0v) is 14.2. The lowest BCUT2D eigenvalue weighted by molar-refractivity contribution is 0.102. The molecule has 22 heavy (non-hydrogen) atoms. The van der Waals surface area contributed by atoms with Gasteiger partial charge in [-0.25, -0.2) is 0 Å². The van der Waals surface area contributed by atoms with Crippen molar-refractivity contribution in [2.24, 2.45) is 0 Å². The zero-order chi connectivity index (χ0) is 15.7. The van der Waals surface area contributed by atoms with Gasteiger partial charge < -0.3 is 10.2 Å². The van der Waals surface area contributed by atoms with Crippen LogP contribution in [0.5, 0.6) is 0 Å². The minimum Gasteiger partial charge on any atom is -0.378 e. The van der Waals surface area contributed by atoms with Gasteiger partial charge in [-0.15, -0.1) is 11.3 Å². The molecule has 0 fully saturated rings. The quantitative estimate of drug-likeness (QED) is 0.918. The van der Waals surface area contributed by atoms with E-state index < -0.39 is 0 Å². The molecule has 1 amide bonds. The first-order chi connectivity index (χ1) is 10.6. The lowest BCUT2D eigenvalue weighted by Crippen LogP contribution is -2.15. The number of anilines is 2. The molecule has 0 saturated heterocycles. The van der Waals surface area contributed by atoms with Gasteiger partial charge in [0.2, 0.25) is 0 Å². The summed E-state index contributed by atoms with van der Waals surface area (Å²) in [7, 11) is 4.04. The monoisotopic (exact) mass is 314 g/mol. The van der Waals surface area contributed by atoms with E-state index >= 15 is 0 Å². The average Bonchev–Trinajstić information content (AvgIpc) is 2.93. The van der Waals surface area contributed by atoms with Crippen LogP contribution in [-0.4, -0.2) is 20.0 Å². The molecule has 4 heteroatoms. The summed E-state index contributed by atoms with van der Waals surface area (Å²) in [5.41, 5.74) is 5.27. The third-order valence-corrected chi connectivity index (χ3v) is 5.37. The maximum Gasteiger partial charge on any atom is 0.256 e. The van der Waals surface area contributed by atoms with Crippen molar-refractivity contribution in [1.82, 2.24) is 0 Å². The van der Waals surface area contributed by atoms with Gasteiger partial charge in [0.1, 0.15) is 0 Å². The van der Waals surface area contributed by atoms with Crippen molar-refractivity contribution in [3.8, 4) is 0 Å². The van der Waals surface area contributed by atoms with Crippen molar-refractivity contribution in [1.29, 1.82) is 0 Å². The Kier molecular flexibility index (Phi) is 4.21. The maximum absolute atomic E-state index is 12.6. The first-order valence-electron chi connectivity index (χ1n) is 7.75. The molecule has 0 atom stereocenters. The van der Waals surface area contributed by atoms with Gasteiger partial charge in [-0.2, -0.15) is 0 Å². The molecule has 1 aliphatic rings. The SMILES string of the molecule is Cc1cc(N(C)C)ccc1NC(=O)c1csc2c1CCCC2. The highest BCUT2D eigenvalue weighted by Crippen LogP contribution is 2.31. The third-order valence-electron chi connectivity index (χ3n) is 4.28. The number of benzene rings is 1. The van der Waals surface area contributed by atoms with Gasteiger partial charge in [0.15, 0.2) is 0 Å². The van der Waals surface area contributed by atoms with Crippen LogP contribution in [0.2, 0.25) is 0 Å². The second kappa shape index (κ2) is 6.13. The highest BCUT2D eigenvalue weighted by atomic mass is 32.1. The van der Waals surface area contributed by atoms with Crippen LogP contribution in [0, 0.1) is 6.92 Å². The molecule has 0 radical (unpaired) electrons. The summed E-state index contributed by atoms with van der Waals surface area (Å²) in [6.07, 6.45) is 4.62. The molecule has 3 rings (SSSR count). The van der Waals surface area contributed by atoms with Crippen LogP contribution in [0.4, 0.5) is 11.4 Å². The maximum atomic E-state index is 12.6. The number of amides is 1. The predicted molar refractivity (Wildman–Crippen MR) is 94.4 cm³/mol. The smallest absolute Gasteiger partial charge is 0.256 e. The second-order valence-corrected chi connectivity index (χ2v) is 7.07. The molecule has 1 aromatic heterocycles. The van der Waals surface area contributed by atoms with Gasteiger partial charge in [0, 0.05) is 35.7 Å². The first-order valence-corrected chi connectivity index (χ1v) is 8.63. The lowest BCUT2D eigenvalue weighted by atomic mass is 9.95. The highest BCUT2D eigenvalue weighted by molar-refractivity contribution is 7.10. The molecule has 0 saturated carbocycles. The zero-order valence-electron chi connectivity index (χ0n) is 13.4. The van der Waals surface area contributed by atoms with Crippen LogP contribution in [0.15, 0.2) is 23.6 Å². The van der Waals surface area contributed by atoms with Crippen molar-refractivity contribution in [3.63, 3.8) is 0 Å². The minimum atomic E-state index is 0.0279. The number of rotatable bonds is 3. The number of fused-ring (bicyclic) bond motifs is 1. The van der Waals surface area contributed by atoms with Crippen LogP contribution in [-0.2, 0) is 12.8 Å². The molecule has 1 N–H and O–H groups in total. The average molecular weight is 314 g/mol.